The molecule has 27 heavy (non-hydrogen) atoms. The van der Waals surface area contributed by atoms with Gasteiger partial charge >= 0.3 is 0 Å². The Morgan fingerprint density at radius 1 is 0.963 bits per heavy atom. The van der Waals surface area contributed by atoms with Crippen LogP contribution in [0.25, 0.3) is 0 Å². The summed E-state index contributed by atoms with van der Waals surface area (Å²) in [4.78, 5) is 12.9. The second-order valence-electron chi connectivity index (χ2n) is 7.17. The normalized spacial score (nSPS) is 20.0. The molecule has 2 saturated heterocycles. The predicted octanol–water partition coefficient (Wildman–Crippen LogP) is 2.39. The second-order valence-corrected chi connectivity index (χ2v) is 9.11. The minimum absolute atomic E-state index is 0.147. The van der Waals surface area contributed by atoms with Crippen molar-refractivity contribution in [3.05, 3.63) is 23.8 Å². The first-order valence-corrected chi connectivity index (χ1v) is 11.2. The smallest absolute Gasteiger partial charge is 0.269 e. The van der Waals surface area contributed by atoms with E-state index < -0.39 is 10.0 Å². The predicted molar refractivity (Wildman–Crippen MR) is 103 cm³/mol. The van der Waals surface area contributed by atoms with Crippen molar-refractivity contribution in [1.29, 1.82) is 0 Å². The van der Waals surface area contributed by atoms with Gasteiger partial charge in [0.2, 0.25) is 10.0 Å². The monoisotopic (exact) mass is 395 g/mol. The lowest BCUT2D eigenvalue weighted by atomic mass is 10.1. The largest absolute Gasteiger partial charge is 0.496 e. The van der Waals surface area contributed by atoms with E-state index in [0.29, 0.717) is 18.8 Å². The summed E-state index contributed by atoms with van der Waals surface area (Å²) < 4.78 is 32.9. The van der Waals surface area contributed by atoms with Gasteiger partial charge in [0.05, 0.1) is 17.6 Å². The van der Waals surface area contributed by atoms with Gasteiger partial charge in [0.25, 0.3) is 5.91 Å². The molecule has 0 saturated carbocycles. The van der Waals surface area contributed by atoms with Crippen molar-refractivity contribution in [2.45, 2.75) is 49.8 Å². The van der Waals surface area contributed by atoms with E-state index in [4.69, 9.17) is 4.74 Å². The Morgan fingerprint density at radius 2 is 1.56 bits per heavy atom. The molecule has 1 aromatic rings. The van der Waals surface area contributed by atoms with Crippen molar-refractivity contribution >= 4 is 15.9 Å². The number of ether oxygens (including phenoxy) is 1. The molecule has 2 fully saturated rings. The van der Waals surface area contributed by atoms with Gasteiger partial charge in [0.15, 0.2) is 0 Å². The highest BCUT2D eigenvalue weighted by Gasteiger charge is 2.27. The fourth-order valence-electron chi connectivity index (χ4n) is 3.67. The van der Waals surface area contributed by atoms with Crippen LogP contribution in [0.15, 0.2) is 23.1 Å². The van der Waals surface area contributed by atoms with Gasteiger partial charge in [-0.15, -0.1) is 0 Å². The van der Waals surface area contributed by atoms with Crippen LogP contribution in [0.5, 0.6) is 5.75 Å². The Labute approximate surface area is 161 Å². The number of benzene rings is 1. The summed E-state index contributed by atoms with van der Waals surface area (Å²) >= 11 is 0. The zero-order valence-corrected chi connectivity index (χ0v) is 16.8. The van der Waals surface area contributed by atoms with Gasteiger partial charge in [-0.25, -0.2) is 13.4 Å². The van der Waals surface area contributed by atoms with Crippen LogP contribution in [0, 0.1) is 0 Å². The minimum Gasteiger partial charge on any atom is -0.496 e. The van der Waals surface area contributed by atoms with Crippen LogP contribution < -0.4 is 10.2 Å². The van der Waals surface area contributed by atoms with E-state index in [1.165, 1.54) is 30.0 Å². The number of carbonyl (C=O) groups excluding carboxylic acids is 1. The third-order valence-corrected chi connectivity index (χ3v) is 7.13. The fraction of sp³-hybridized carbons (Fsp3) is 0.632. The van der Waals surface area contributed by atoms with Crippen LogP contribution in [0.3, 0.4) is 0 Å². The molecule has 0 radical (unpaired) electrons. The number of nitrogens with one attached hydrogen (secondary N) is 1. The quantitative estimate of drug-likeness (QED) is 0.828. The number of hydrazine groups is 1. The van der Waals surface area contributed by atoms with E-state index in [1.54, 1.807) is 6.07 Å². The number of amides is 1. The molecule has 1 N–H and O–H groups in total. The fourth-order valence-corrected chi connectivity index (χ4v) is 5.21. The molecule has 0 atom stereocenters. The van der Waals surface area contributed by atoms with E-state index in [9.17, 15) is 13.2 Å². The third kappa shape index (κ3) is 4.80. The highest BCUT2D eigenvalue weighted by atomic mass is 32.2. The molecule has 8 heteroatoms. The van der Waals surface area contributed by atoms with Gasteiger partial charge in [-0.1, -0.05) is 19.3 Å². The lowest BCUT2D eigenvalue weighted by Crippen LogP contribution is -2.45. The average Bonchev–Trinajstić information content (AvgIpc) is 2.98. The van der Waals surface area contributed by atoms with Crippen molar-refractivity contribution in [2.75, 3.05) is 33.3 Å². The zero-order chi connectivity index (χ0) is 19.3. The van der Waals surface area contributed by atoms with Crippen LogP contribution in [-0.2, 0) is 10.0 Å². The van der Waals surface area contributed by atoms with Gasteiger partial charge < -0.3 is 4.74 Å². The molecule has 2 aliphatic rings. The number of carbonyl (C=O) groups is 1. The number of piperidine rings is 1. The van der Waals surface area contributed by atoms with E-state index in [1.807, 2.05) is 5.01 Å². The Hall–Kier alpha value is -1.64. The molecule has 0 aliphatic carbocycles. The van der Waals surface area contributed by atoms with Crippen LogP contribution in [0.2, 0.25) is 0 Å². The van der Waals surface area contributed by atoms with Gasteiger partial charge in [-0.2, -0.15) is 4.31 Å². The molecular weight excluding hydrogens is 366 g/mol. The van der Waals surface area contributed by atoms with Crippen molar-refractivity contribution < 1.29 is 17.9 Å². The maximum Gasteiger partial charge on any atom is 0.269 e. The lowest BCUT2D eigenvalue weighted by molar-refractivity contribution is 0.0747. The first-order chi connectivity index (χ1) is 13.0. The van der Waals surface area contributed by atoms with E-state index in [0.717, 1.165) is 51.6 Å². The van der Waals surface area contributed by atoms with E-state index >= 15 is 0 Å². The summed E-state index contributed by atoms with van der Waals surface area (Å²) in [7, 11) is -2.13. The number of hydrogen-bond acceptors (Lipinski definition) is 5. The molecule has 7 nitrogen and oxygen atoms in total. The lowest BCUT2D eigenvalue weighted by Gasteiger charge is -2.27. The summed E-state index contributed by atoms with van der Waals surface area (Å²) in [5.41, 5.74) is 3.13. The number of methoxy groups -OCH3 is 1. The molecule has 0 aromatic heterocycles. The molecule has 2 heterocycles. The molecule has 1 aromatic carbocycles. The molecular formula is C19H29N3O4S. The van der Waals surface area contributed by atoms with Crippen LogP contribution in [0.1, 0.15) is 55.3 Å². The third-order valence-electron chi connectivity index (χ3n) is 5.23. The summed E-state index contributed by atoms with van der Waals surface area (Å²) in [6.07, 6.45) is 7.10. The number of hydrogen-bond donors (Lipinski definition) is 1. The molecule has 3 rings (SSSR count). The maximum atomic E-state index is 13.0. The summed E-state index contributed by atoms with van der Waals surface area (Å²) in [6.45, 7) is 2.67. The van der Waals surface area contributed by atoms with E-state index in [2.05, 4.69) is 5.43 Å². The number of sulfonamides is 1. The minimum atomic E-state index is -3.62. The second kappa shape index (κ2) is 9.03. The Bertz CT molecular complexity index is 752. The molecule has 0 bridgehead atoms. The zero-order valence-electron chi connectivity index (χ0n) is 15.9. The summed E-state index contributed by atoms with van der Waals surface area (Å²) in [5.74, 6) is 0.0426. The van der Waals surface area contributed by atoms with Crippen molar-refractivity contribution in [1.82, 2.24) is 14.7 Å². The van der Waals surface area contributed by atoms with Gasteiger partial charge in [-0.3, -0.25) is 10.2 Å². The summed E-state index contributed by atoms with van der Waals surface area (Å²) in [6, 6.07) is 4.53. The van der Waals surface area contributed by atoms with Gasteiger partial charge in [-0.05, 0) is 43.9 Å². The highest BCUT2D eigenvalue weighted by Crippen LogP contribution is 2.26. The average molecular weight is 396 g/mol. The summed E-state index contributed by atoms with van der Waals surface area (Å²) in [5, 5.41) is 1.89. The SMILES string of the molecule is COc1ccc(S(=O)(=O)N2CCCCCC2)cc1C(=O)NN1CCCCC1. The Morgan fingerprint density at radius 3 is 2.19 bits per heavy atom. The molecule has 0 spiro atoms. The Balaban J connectivity index is 1.84. The van der Waals surface area contributed by atoms with Crippen LogP contribution in [0.4, 0.5) is 0 Å². The Kier molecular flexibility index (Phi) is 6.73. The molecule has 1 amide bonds. The standard InChI is InChI=1S/C19H29N3O4S/c1-26-18-10-9-16(27(24,25)22-13-7-2-3-8-14-22)15-17(18)19(23)20-21-11-5-4-6-12-21/h9-10,15H,2-8,11-14H2,1H3,(H,20,23). The first-order valence-electron chi connectivity index (χ1n) is 9.76. The van der Waals surface area contributed by atoms with Crippen molar-refractivity contribution in [3.8, 4) is 5.75 Å². The number of rotatable bonds is 5. The van der Waals surface area contributed by atoms with Crippen LogP contribution >= 0.6 is 0 Å². The van der Waals surface area contributed by atoms with Crippen molar-refractivity contribution in [2.24, 2.45) is 0 Å². The van der Waals surface area contributed by atoms with E-state index in [-0.39, 0.29) is 16.4 Å². The molecule has 2 aliphatic heterocycles. The van der Waals surface area contributed by atoms with Gasteiger partial charge in [0.1, 0.15) is 5.75 Å². The first kappa shape index (κ1) is 20.1. The van der Waals surface area contributed by atoms with Gasteiger partial charge in [0, 0.05) is 26.2 Å². The highest BCUT2D eigenvalue weighted by molar-refractivity contribution is 7.89. The van der Waals surface area contributed by atoms with Crippen molar-refractivity contribution in [3.63, 3.8) is 0 Å². The maximum absolute atomic E-state index is 13.0. The topological polar surface area (TPSA) is 79.0 Å². The molecule has 0 unspecified atom stereocenters. The molecule has 150 valence electrons. The van der Waals surface area contributed by atoms with Crippen LogP contribution in [-0.4, -0.2) is 56.9 Å². The number of nitrogens with zero attached hydrogens (tertiary/aromatic N) is 2.